The quantitative estimate of drug-likeness (QED) is 0.883. The summed E-state index contributed by atoms with van der Waals surface area (Å²) in [6, 6.07) is 12.4. The third-order valence-electron chi connectivity index (χ3n) is 3.86. The average Bonchev–Trinajstić information content (AvgIpc) is 2.73. The molecule has 0 fully saturated rings. The zero-order valence-corrected chi connectivity index (χ0v) is 11.1. The van der Waals surface area contributed by atoms with Gasteiger partial charge in [0.25, 0.3) is 0 Å². The summed E-state index contributed by atoms with van der Waals surface area (Å²) >= 11 is 6.05. The summed E-state index contributed by atoms with van der Waals surface area (Å²) in [5.41, 5.74) is 1.41. The summed E-state index contributed by atoms with van der Waals surface area (Å²) in [6.45, 7) is 0. The van der Waals surface area contributed by atoms with Crippen molar-refractivity contribution in [1.29, 1.82) is 0 Å². The van der Waals surface area contributed by atoms with Crippen LogP contribution >= 0.6 is 11.6 Å². The Kier molecular flexibility index (Phi) is 3.08. The van der Waals surface area contributed by atoms with Crippen molar-refractivity contribution in [3.05, 3.63) is 70.0 Å². The number of rotatable bonds is 2. The molecule has 0 saturated heterocycles. The van der Waals surface area contributed by atoms with Crippen molar-refractivity contribution in [1.82, 2.24) is 0 Å². The fourth-order valence-electron chi connectivity index (χ4n) is 2.85. The predicted octanol–water partition coefficient (Wildman–Crippen LogP) is 3.86. The third-order valence-corrected chi connectivity index (χ3v) is 4.21. The molecule has 3 heteroatoms. The molecule has 1 atom stereocenters. The number of aryl methyl sites for hydroxylation is 1. The largest absolute Gasteiger partial charge is 0.385 e. The van der Waals surface area contributed by atoms with Crippen LogP contribution in [0.1, 0.15) is 23.1 Å². The van der Waals surface area contributed by atoms with Crippen LogP contribution < -0.4 is 0 Å². The summed E-state index contributed by atoms with van der Waals surface area (Å²) in [5, 5.41) is 11.2. The first-order chi connectivity index (χ1) is 9.10. The van der Waals surface area contributed by atoms with E-state index in [0.29, 0.717) is 17.0 Å². The topological polar surface area (TPSA) is 20.2 Å². The third kappa shape index (κ3) is 2.15. The number of benzene rings is 2. The van der Waals surface area contributed by atoms with Gasteiger partial charge in [0, 0.05) is 17.0 Å². The van der Waals surface area contributed by atoms with Crippen LogP contribution in [0.15, 0.2) is 42.5 Å². The fraction of sp³-hybridized carbons (Fsp3) is 0.250. The van der Waals surface area contributed by atoms with Crippen molar-refractivity contribution in [2.75, 3.05) is 0 Å². The van der Waals surface area contributed by atoms with Gasteiger partial charge in [-0.05, 0) is 36.1 Å². The van der Waals surface area contributed by atoms with Gasteiger partial charge in [-0.3, -0.25) is 0 Å². The van der Waals surface area contributed by atoms with E-state index in [1.54, 1.807) is 12.1 Å². The first kappa shape index (κ1) is 12.6. The van der Waals surface area contributed by atoms with Crippen molar-refractivity contribution in [2.45, 2.75) is 24.9 Å². The normalized spacial score (nSPS) is 21.4. The number of halogens is 2. The Bertz CT molecular complexity index is 606. The van der Waals surface area contributed by atoms with Gasteiger partial charge in [0.15, 0.2) is 0 Å². The molecular formula is C16H14ClFO. The standard InChI is InChI=1S/C16H14ClFO/c17-14-6-3-7-15(18)12(14)10-16(19)9-8-11-4-1-2-5-13(11)16/h1-7,19H,8-10H2. The second-order valence-corrected chi connectivity index (χ2v) is 5.47. The molecule has 0 aliphatic heterocycles. The Labute approximate surface area is 116 Å². The van der Waals surface area contributed by atoms with Gasteiger partial charge in [0.1, 0.15) is 5.82 Å². The summed E-state index contributed by atoms with van der Waals surface area (Å²) in [6.07, 6.45) is 1.64. The van der Waals surface area contributed by atoms with Crippen molar-refractivity contribution < 1.29 is 9.50 Å². The second-order valence-electron chi connectivity index (χ2n) is 5.07. The van der Waals surface area contributed by atoms with E-state index < -0.39 is 5.60 Å². The molecule has 1 nitrogen and oxygen atoms in total. The van der Waals surface area contributed by atoms with Gasteiger partial charge in [-0.1, -0.05) is 41.9 Å². The number of fused-ring (bicyclic) bond motifs is 1. The van der Waals surface area contributed by atoms with Gasteiger partial charge < -0.3 is 5.11 Å². The van der Waals surface area contributed by atoms with Crippen LogP contribution in [0, 0.1) is 5.82 Å². The monoisotopic (exact) mass is 276 g/mol. The molecule has 1 unspecified atom stereocenters. The lowest BCUT2D eigenvalue weighted by atomic mass is 9.88. The lowest BCUT2D eigenvalue weighted by Gasteiger charge is -2.25. The minimum absolute atomic E-state index is 0.218. The molecule has 19 heavy (non-hydrogen) atoms. The predicted molar refractivity (Wildman–Crippen MR) is 73.8 cm³/mol. The van der Waals surface area contributed by atoms with Crippen molar-refractivity contribution in [3.63, 3.8) is 0 Å². The van der Waals surface area contributed by atoms with Crippen molar-refractivity contribution in [2.24, 2.45) is 0 Å². The minimum Gasteiger partial charge on any atom is -0.385 e. The molecule has 98 valence electrons. The van der Waals surface area contributed by atoms with Crippen LogP contribution in [0.2, 0.25) is 5.02 Å². The number of hydrogen-bond acceptors (Lipinski definition) is 1. The van der Waals surface area contributed by atoms with E-state index in [2.05, 4.69) is 0 Å². The maximum atomic E-state index is 13.9. The maximum absolute atomic E-state index is 13.9. The molecule has 0 aromatic heterocycles. The average molecular weight is 277 g/mol. The van der Waals surface area contributed by atoms with E-state index in [-0.39, 0.29) is 12.2 Å². The highest BCUT2D eigenvalue weighted by Crippen LogP contribution is 2.40. The van der Waals surface area contributed by atoms with E-state index in [1.165, 1.54) is 6.07 Å². The molecule has 2 aromatic rings. The van der Waals surface area contributed by atoms with Crippen molar-refractivity contribution >= 4 is 11.6 Å². The van der Waals surface area contributed by atoms with E-state index in [0.717, 1.165) is 17.5 Å². The van der Waals surface area contributed by atoms with Gasteiger partial charge in [0.2, 0.25) is 0 Å². The van der Waals surface area contributed by atoms with Crippen LogP contribution in [-0.4, -0.2) is 5.11 Å². The molecule has 2 aromatic carbocycles. The Morgan fingerprint density at radius 1 is 1.16 bits per heavy atom. The maximum Gasteiger partial charge on any atom is 0.128 e. The smallest absolute Gasteiger partial charge is 0.128 e. The molecule has 0 heterocycles. The van der Waals surface area contributed by atoms with Gasteiger partial charge in [0.05, 0.1) is 5.60 Å². The molecule has 1 aliphatic carbocycles. The van der Waals surface area contributed by atoms with Crippen LogP contribution in [0.5, 0.6) is 0 Å². The molecule has 0 radical (unpaired) electrons. The van der Waals surface area contributed by atoms with Crippen LogP contribution in [-0.2, 0) is 18.4 Å². The molecule has 1 aliphatic rings. The Morgan fingerprint density at radius 3 is 2.74 bits per heavy atom. The highest BCUT2D eigenvalue weighted by molar-refractivity contribution is 6.31. The number of aliphatic hydroxyl groups is 1. The van der Waals surface area contributed by atoms with E-state index in [4.69, 9.17) is 11.6 Å². The number of hydrogen-bond donors (Lipinski definition) is 1. The molecule has 0 spiro atoms. The van der Waals surface area contributed by atoms with E-state index >= 15 is 0 Å². The minimum atomic E-state index is -1.01. The van der Waals surface area contributed by atoms with Crippen LogP contribution in [0.4, 0.5) is 4.39 Å². The Balaban J connectivity index is 2.00. The zero-order chi connectivity index (χ0) is 13.5. The summed E-state index contributed by atoms with van der Waals surface area (Å²) in [7, 11) is 0. The Hall–Kier alpha value is -1.38. The van der Waals surface area contributed by atoms with Gasteiger partial charge >= 0.3 is 0 Å². The molecule has 0 saturated carbocycles. The summed E-state index contributed by atoms with van der Waals surface area (Å²) in [5.74, 6) is -0.356. The highest BCUT2D eigenvalue weighted by atomic mass is 35.5. The van der Waals surface area contributed by atoms with Crippen LogP contribution in [0.3, 0.4) is 0 Å². The molecule has 1 N–H and O–H groups in total. The Morgan fingerprint density at radius 2 is 1.95 bits per heavy atom. The van der Waals surface area contributed by atoms with Gasteiger partial charge in [-0.2, -0.15) is 0 Å². The summed E-state index contributed by atoms with van der Waals surface area (Å²) < 4.78 is 13.9. The lowest BCUT2D eigenvalue weighted by Crippen LogP contribution is -2.26. The van der Waals surface area contributed by atoms with E-state index in [1.807, 2.05) is 24.3 Å². The fourth-order valence-corrected chi connectivity index (χ4v) is 3.08. The SMILES string of the molecule is OC1(Cc2c(F)cccc2Cl)CCc2ccccc21. The first-order valence-corrected chi connectivity index (χ1v) is 6.72. The molecule has 0 amide bonds. The lowest BCUT2D eigenvalue weighted by molar-refractivity contribution is 0.0381. The van der Waals surface area contributed by atoms with Crippen molar-refractivity contribution in [3.8, 4) is 0 Å². The van der Waals surface area contributed by atoms with Gasteiger partial charge in [-0.15, -0.1) is 0 Å². The zero-order valence-electron chi connectivity index (χ0n) is 10.4. The van der Waals surface area contributed by atoms with Crippen LogP contribution in [0.25, 0.3) is 0 Å². The highest BCUT2D eigenvalue weighted by Gasteiger charge is 2.37. The molecule has 0 bridgehead atoms. The second kappa shape index (κ2) is 4.62. The first-order valence-electron chi connectivity index (χ1n) is 6.34. The summed E-state index contributed by atoms with van der Waals surface area (Å²) in [4.78, 5) is 0. The molecule has 3 rings (SSSR count). The van der Waals surface area contributed by atoms with Gasteiger partial charge in [-0.25, -0.2) is 4.39 Å². The van der Waals surface area contributed by atoms with E-state index in [9.17, 15) is 9.50 Å². The molecular weight excluding hydrogens is 263 g/mol.